The molecule has 2 saturated heterocycles. The monoisotopic (exact) mass is 273 g/mol. The number of azide groups is 1. The van der Waals surface area contributed by atoms with Gasteiger partial charge in [0.2, 0.25) is 0 Å². The molecule has 2 aliphatic rings. The van der Waals surface area contributed by atoms with E-state index in [-0.39, 0.29) is 6.04 Å². The number of nitrogens with zero attached hydrogens (tertiary/aromatic N) is 5. The Morgan fingerprint density at radius 1 is 1.06 bits per heavy atom. The lowest BCUT2D eigenvalue weighted by atomic mass is 10.2. The van der Waals surface area contributed by atoms with E-state index in [0.717, 1.165) is 25.7 Å². The van der Waals surface area contributed by atoms with E-state index in [9.17, 15) is 8.42 Å². The summed E-state index contributed by atoms with van der Waals surface area (Å²) >= 11 is 0. The van der Waals surface area contributed by atoms with Crippen LogP contribution in [-0.2, 0) is 10.2 Å². The molecule has 0 aliphatic carbocycles. The second-order valence-corrected chi connectivity index (χ2v) is 6.75. The molecule has 8 heteroatoms. The van der Waals surface area contributed by atoms with Gasteiger partial charge < -0.3 is 0 Å². The number of hydrogen-bond acceptors (Lipinski definition) is 3. The smallest absolute Gasteiger partial charge is 0.195 e. The Morgan fingerprint density at radius 3 is 2.33 bits per heavy atom. The van der Waals surface area contributed by atoms with E-state index in [2.05, 4.69) is 10.0 Å². The predicted molar refractivity (Wildman–Crippen MR) is 68.1 cm³/mol. The molecule has 18 heavy (non-hydrogen) atoms. The van der Waals surface area contributed by atoms with Crippen LogP contribution in [-0.4, -0.2) is 49.2 Å². The van der Waals surface area contributed by atoms with Gasteiger partial charge in [-0.15, -0.1) is 0 Å². The fraction of sp³-hybridized carbons (Fsp3) is 1.00. The number of hydrogen-bond donors (Lipinski definition) is 0. The molecule has 0 radical (unpaired) electrons. The Kier molecular flexibility index (Phi) is 4.45. The Morgan fingerprint density at radius 2 is 1.72 bits per heavy atom. The van der Waals surface area contributed by atoms with Crippen LogP contribution in [0, 0.1) is 0 Å². The quantitative estimate of drug-likeness (QED) is 0.443. The van der Waals surface area contributed by atoms with Crippen molar-refractivity contribution in [1.82, 2.24) is 8.61 Å². The summed E-state index contributed by atoms with van der Waals surface area (Å²) in [4.78, 5) is 2.75. The van der Waals surface area contributed by atoms with Gasteiger partial charge in [-0.25, -0.2) is 0 Å². The molecule has 0 aromatic rings. The fourth-order valence-corrected chi connectivity index (χ4v) is 4.27. The van der Waals surface area contributed by atoms with E-state index in [4.69, 9.17) is 5.53 Å². The standard InChI is InChI=1S/C10H19N5O2S/c11-13-12-10-5-8-15(9-10)18(16,17)14-6-3-1-2-4-7-14/h10H,1-9H2. The van der Waals surface area contributed by atoms with Crippen molar-refractivity contribution in [2.75, 3.05) is 26.2 Å². The van der Waals surface area contributed by atoms with Crippen LogP contribution in [0.15, 0.2) is 5.11 Å². The zero-order valence-electron chi connectivity index (χ0n) is 10.4. The van der Waals surface area contributed by atoms with Gasteiger partial charge in [-0.1, -0.05) is 18.0 Å². The lowest BCUT2D eigenvalue weighted by Gasteiger charge is -2.25. The van der Waals surface area contributed by atoms with Crippen LogP contribution in [0.4, 0.5) is 0 Å². The van der Waals surface area contributed by atoms with Crippen LogP contribution in [0.1, 0.15) is 32.1 Å². The van der Waals surface area contributed by atoms with E-state index in [1.165, 1.54) is 4.31 Å². The number of rotatable bonds is 3. The van der Waals surface area contributed by atoms with Gasteiger partial charge in [-0.2, -0.15) is 17.0 Å². The minimum Gasteiger partial charge on any atom is -0.195 e. The molecule has 0 bridgehead atoms. The Labute approximate surface area is 108 Å². The van der Waals surface area contributed by atoms with Crippen molar-refractivity contribution >= 4 is 10.2 Å². The van der Waals surface area contributed by atoms with Crippen LogP contribution in [0.2, 0.25) is 0 Å². The van der Waals surface area contributed by atoms with Gasteiger partial charge in [-0.3, -0.25) is 0 Å². The van der Waals surface area contributed by atoms with Crippen LogP contribution in [0.5, 0.6) is 0 Å². The third-order valence-corrected chi connectivity index (χ3v) is 5.56. The zero-order valence-corrected chi connectivity index (χ0v) is 11.2. The highest BCUT2D eigenvalue weighted by Crippen LogP contribution is 2.21. The van der Waals surface area contributed by atoms with Gasteiger partial charge in [0.15, 0.2) is 0 Å². The Bertz CT molecular complexity index is 424. The first-order valence-electron chi connectivity index (χ1n) is 6.44. The molecule has 2 rings (SSSR count). The lowest BCUT2D eigenvalue weighted by molar-refractivity contribution is 0.365. The first-order chi connectivity index (χ1) is 8.64. The highest BCUT2D eigenvalue weighted by Gasteiger charge is 2.35. The molecule has 0 saturated carbocycles. The van der Waals surface area contributed by atoms with Crippen LogP contribution >= 0.6 is 0 Å². The van der Waals surface area contributed by atoms with Crippen molar-refractivity contribution < 1.29 is 8.42 Å². The fourth-order valence-electron chi connectivity index (χ4n) is 2.52. The van der Waals surface area contributed by atoms with Crippen molar-refractivity contribution in [3.8, 4) is 0 Å². The molecule has 0 aromatic carbocycles. The van der Waals surface area contributed by atoms with Gasteiger partial charge in [0.25, 0.3) is 10.2 Å². The van der Waals surface area contributed by atoms with E-state index >= 15 is 0 Å². The molecule has 2 aliphatic heterocycles. The zero-order chi connectivity index (χ0) is 13.0. The van der Waals surface area contributed by atoms with E-state index in [1.54, 1.807) is 4.31 Å². The highest BCUT2D eigenvalue weighted by molar-refractivity contribution is 7.86. The van der Waals surface area contributed by atoms with Crippen molar-refractivity contribution in [2.24, 2.45) is 5.11 Å². The van der Waals surface area contributed by atoms with Crippen LogP contribution in [0.25, 0.3) is 10.4 Å². The van der Waals surface area contributed by atoms with Crippen molar-refractivity contribution in [3.05, 3.63) is 10.4 Å². The summed E-state index contributed by atoms with van der Waals surface area (Å²) in [6.45, 7) is 2.02. The van der Waals surface area contributed by atoms with Crippen LogP contribution in [0.3, 0.4) is 0 Å². The molecule has 7 nitrogen and oxygen atoms in total. The second-order valence-electron chi connectivity index (χ2n) is 4.83. The molecule has 1 atom stereocenters. The normalized spacial score (nSPS) is 27.7. The average Bonchev–Trinajstić information content (AvgIpc) is 2.65. The third-order valence-electron chi connectivity index (χ3n) is 3.56. The summed E-state index contributed by atoms with van der Waals surface area (Å²) in [6.07, 6.45) is 4.71. The van der Waals surface area contributed by atoms with Crippen molar-refractivity contribution in [3.63, 3.8) is 0 Å². The molecule has 0 aromatic heterocycles. The highest BCUT2D eigenvalue weighted by atomic mass is 32.2. The maximum atomic E-state index is 12.4. The average molecular weight is 273 g/mol. The van der Waals surface area contributed by atoms with E-state index in [0.29, 0.717) is 32.6 Å². The van der Waals surface area contributed by atoms with Gasteiger partial charge in [-0.05, 0) is 24.8 Å². The van der Waals surface area contributed by atoms with Gasteiger partial charge >= 0.3 is 0 Å². The van der Waals surface area contributed by atoms with Crippen LogP contribution < -0.4 is 0 Å². The minimum atomic E-state index is -3.35. The minimum absolute atomic E-state index is 0.211. The summed E-state index contributed by atoms with van der Waals surface area (Å²) in [5.74, 6) is 0. The molecule has 0 spiro atoms. The first kappa shape index (κ1) is 13.6. The molecule has 0 amide bonds. The topological polar surface area (TPSA) is 89.4 Å². The third kappa shape index (κ3) is 2.95. The predicted octanol–water partition coefficient (Wildman–Crippen LogP) is 1.49. The van der Waals surface area contributed by atoms with E-state index < -0.39 is 10.2 Å². The maximum Gasteiger partial charge on any atom is 0.281 e. The van der Waals surface area contributed by atoms with E-state index in [1.807, 2.05) is 0 Å². The van der Waals surface area contributed by atoms with Crippen molar-refractivity contribution in [2.45, 2.75) is 38.1 Å². The first-order valence-corrected chi connectivity index (χ1v) is 7.84. The van der Waals surface area contributed by atoms with Gasteiger partial charge in [0, 0.05) is 31.1 Å². The lowest BCUT2D eigenvalue weighted by Crippen LogP contribution is -2.43. The van der Waals surface area contributed by atoms with Crippen molar-refractivity contribution in [1.29, 1.82) is 0 Å². The summed E-state index contributed by atoms with van der Waals surface area (Å²) in [7, 11) is -3.35. The molecular weight excluding hydrogens is 254 g/mol. The molecule has 2 fully saturated rings. The van der Waals surface area contributed by atoms with Gasteiger partial charge in [0.1, 0.15) is 0 Å². The molecule has 2 heterocycles. The Hall–Kier alpha value is -0.820. The largest absolute Gasteiger partial charge is 0.281 e. The van der Waals surface area contributed by atoms with Gasteiger partial charge in [0.05, 0.1) is 6.04 Å². The SMILES string of the molecule is [N-]=[N+]=NC1CCN(S(=O)(=O)N2CCCCCC2)C1. The maximum absolute atomic E-state index is 12.4. The molecular formula is C10H19N5O2S. The summed E-state index contributed by atoms with van der Waals surface area (Å²) < 4.78 is 27.9. The summed E-state index contributed by atoms with van der Waals surface area (Å²) in [5.41, 5.74) is 8.38. The summed E-state index contributed by atoms with van der Waals surface area (Å²) in [6, 6.07) is -0.211. The molecule has 0 N–H and O–H groups in total. The molecule has 102 valence electrons. The molecule has 1 unspecified atom stereocenters. The summed E-state index contributed by atoms with van der Waals surface area (Å²) in [5, 5.41) is 3.61. The Balaban J connectivity index is 2.04. The second kappa shape index (κ2) is 5.88.